The van der Waals surface area contributed by atoms with Crippen molar-refractivity contribution in [3.8, 4) is 0 Å². The summed E-state index contributed by atoms with van der Waals surface area (Å²) in [6.45, 7) is 5.42. The fourth-order valence-electron chi connectivity index (χ4n) is 1.49. The largest absolute Gasteiger partial charge is 0.356 e. The molecule has 6 nitrogen and oxygen atoms in total. The van der Waals surface area contributed by atoms with Gasteiger partial charge in [-0.25, -0.2) is 0 Å². The lowest BCUT2D eigenvalue weighted by Gasteiger charge is -2.12. The van der Waals surface area contributed by atoms with E-state index in [2.05, 4.69) is 10.6 Å². The van der Waals surface area contributed by atoms with Crippen LogP contribution >= 0.6 is 0 Å². The summed E-state index contributed by atoms with van der Waals surface area (Å²) in [5, 5.41) is 5.56. The molecule has 0 aromatic rings. The van der Waals surface area contributed by atoms with Gasteiger partial charge in [0.25, 0.3) is 0 Å². The Labute approximate surface area is 115 Å². The van der Waals surface area contributed by atoms with Gasteiger partial charge < -0.3 is 22.1 Å². The quantitative estimate of drug-likeness (QED) is 0.410. The van der Waals surface area contributed by atoms with Crippen molar-refractivity contribution >= 4 is 11.8 Å². The van der Waals surface area contributed by atoms with E-state index in [1.165, 1.54) is 0 Å². The topological polar surface area (TPSA) is 110 Å². The summed E-state index contributed by atoms with van der Waals surface area (Å²) >= 11 is 0. The fourth-order valence-corrected chi connectivity index (χ4v) is 1.49. The summed E-state index contributed by atoms with van der Waals surface area (Å²) in [5.41, 5.74) is 11.1. The van der Waals surface area contributed by atoms with E-state index >= 15 is 0 Å². The molecule has 1 atom stereocenters. The van der Waals surface area contributed by atoms with E-state index in [0.717, 1.165) is 12.8 Å². The number of carbonyl (C=O) groups excluding carboxylic acids is 2. The van der Waals surface area contributed by atoms with Crippen molar-refractivity contribution in [3.63, 3.8) is 0 Å². The Morgan fingerprint density at radius 3 is 2.11 bits per heavy atom. The van der Waals surface area contributed by atoms with Crippen molar-refractivity contribution in [1.29, 1.82) is 0 Å². The Hall–Kier alpha value is -1.14. The Kier molecular flexibility index (Phi) is 10.1. The molecule has 0 aromatic carbocycles. The van der Waals surface area contributed by atoms with Crippen LogP contribution in [0.4, 0.5) is 0 Å². The lowest BCUT2D eigenvalue weighted by atomic mass is 10.1. The van der Waals surface area contributed by atoms with Crippen LogP contribution in [0.5, 0.6) is 0 Å². The molecule has 0 heterocycles. The van der Waals surface area contributed by atoms with Crippen molar-refractivity contribution in [2.45, 2.75) is 45.6 Å². The average Bonchev–Trinajstić information content (AvgIpc) is 2.37. The van der Waals surface area contributed by atoms with E-state index in [1.54, 1.807) is 0 Å². The van der Waals surface area contributed by atoms with Gasteiger partial charge in [-0.3, -0.25) is 9.59 Å². The van der Waals surface area contributed by atoms with Crippen LogP contribution in [0.25, 0.3) is 0 Å². The van der Waals surface area contributed by atoms with Crippen molar-refractivity contribution < 1.29 is 9.59 Å². The number of carbonyl (C=O) groups is 2. The number of unbranched alkanes of at least 4 members (excludes halogenated alkanes) is 1. The highest BCUT2D eigenvalue weighted by atomic mass is 16.2. The Bertz CT molecular complexity index is 269. The molecule has 0 rings (SSSR count). The molecule has 0 aromatic heterocycles. The summed E-state index contributed by atoms with van der Waals surface area (Å²) in [7, 11) is 0. The molecule has 0 saturated carbocycles. The Balaban J connectivity index is 3.55. The zero-order valence-corrected chi connectivity index (χ0v) is 12.1. The van der Waals surface area contributed by atoms with E-state index in [1.807, 2.05) is 13.8 Å². The maximum Gasteiger partial charge on any atom is 0.236 e. The molecule has 0 spiro atoms. The summed E-state index contributed by atoms with van der Waals surface area (Å²) in [4.78, 5) is 22.9. The second-order valence-electron chi connectivity index (χ2n) is 4.98. The Morgan fingerprint density at radius 1 is 1.00 bits per heavy atom. The molecular formula is C13H28N4O2. The monoisotopic (exact) mass is 272 g/mol. The smallest absolute Gasteiger partial charge is 0.236 e. The van der Waals surface area contributed by atoms with Gasteiger partial charge in [-0.2, -0.15) is 0 Å². The molecule has 6 heteroatoms. The molecule has 0 aliphatic rings. The summed E-state index contributed by atoms with van der Waals surface area (Å²) in [5.74, 6) is -0.109. The minimum Gasteiger partial charge on any atom is -0.356 e. The first-order valence-electron chi connectivity index (χ1n) is 7.00. The maximum absolute atomic E-state index is 11.6. The van der Waals surface area contributed by atoms with Crippen LogP contribution in [0, 0.1) is 5.92 Å². The highest BCUT2D eigenvalue weighted by Gasteiger charge is 2.12. The van der Waals surface area contributed by atoms with Gasteiger partial charge in [-0.05, 0) is 25.8 Å². The molecule has 0 aliphatic heterocycles. The zero-order valence-electron chi connectivity index (χ0n) is 12.1. The van der Waals surface area contributed by atoms with Gasteiger partial charge in [0.2, 0.25) is 11.8 Å². The zero-order chi connectivity index (χ0) is 14.7. The molecule has 19 heavy (non-hydrogen) atoms. The van der Waals surface area contributed by atoms with Gasteiger partial charge in [0.1, 0.15) is 0 Å². The van der Waals surface area contributed by atoms with Crippen molar-refractivity contribution in [2.75, 3.05) is 19.6 Å². The predicted molar refractivity (Wildman–Crippen MR) is 76.4 cm³/mol. The highest BCUT2D eigenvalue weighted by molar-refractivity contribution is 5.81. The van der Waals surface area contributed by atoms with Gasteiger partial charge >= 0.3 is 0 Å². The molecule has 1 unspecified atom stereocenters. The lowest BCUT2D eigenvalue weighted by Crippen LogP contribution is -2.41. The summed E-state index contributed by atoms with van der Waals surface area (Å²) in [6.07, 6.45) is 3.13. The highest BCUT2D eigenvalue weighted by Crippen LogP contribution is 1.97. The molecule has 2 amide bonds. The molecular weight excluding hydrogens is 244 g/mol. The van der Waals surface area contributed by atoms with E-state index < -0.39 is 6.04 Å². The minimum absolute atomic E-state index is 0.00874. The van der Waals surface area contributed by atoms with E-state index in [-0.39, 0.29) is 17.7 Å². The first kappa shape index (κ1) is 17.9. The normalized spacial score (nSPS) is 12.3. The van der Waals surface area contributed by atoms with E-state index in [9.17, 15) is 9.59 Å². The third-order valence-corrected chi connectivity index (χ3v) is 2.78. The second-order valence-corrected chi connectivity index (χ2v) is 4.98. The van der Waals surface area contributed by atoms with Crippen molar-refractivity contribution in [2.24, 2.45) is 17.4 Å². The summed E-state index contributed by atoms with van der Waals surface area (Å²) < 4.78 is 0. The van der Waals surface area contributed by atoms with E-state index in [4.69, 9.17) is 11.5 Å². The first-order valence-corrected chi connectivity index (χ1v) is 7.00. The lowest BCUT2D eigenvalue weighted by molar-refractivity contribution is -0.124. The van der Waals surface area contributed by atoms with Crippen LogP contribution in [-0.2, 0) is 9.59 Å². The van der Waals surface area contributed by atoms with Gasteiger partial charge in [0.05, 0.1) is 6.04 Å². The van der Waals surface area contributed by atoms with Gasteiger partial charge in [0.15, 0.2) is 0 Å². The van der Waals surface area contributed by atoms with Gasteiger partial charge in [0, 0.05) is 19.0 Å². The third kappa shape index (κ3) is 9.44. The predicted octanol–water partition coefficient (Wildman–Crippen LogP) is -0.279. The van der Waals surface area contributed by atoms with Gasteiger partial charge in [-0.15, -0.1) is 0 Å². The number of nitrogens with one attached hydrogen (secondary N) is 2. The standard InChI is InChI=1S/C13H28N4O2/c1-10(2)12(18)16-8-5-9-17-13(19)11(15)6-3-4-7-14/h10-11H,3-9,14-15H2,1-2H3,(H,16,18)(H,17,19). The minimum atomic E-state index is -0.461. The van der Waals surface area contributed by atoms with Crippen LogP contribution < -0.4 is 22.1 Å². The Morgan fingerprint density at radius 2 is 1.58 bits per heavy atom. The van der Waals surface area contributed by atoms with Crippen LogP contribution in [0.15, 0.2) is 0 Å². The fraction of sp³-hybridized carbons (Fsp3) is 0.846. The number of hydrogen-bond donors (Lipinski definition) is 4. The number of hydrogen-bond acceptors (Lipinski definition) is 4. The third-order valence-electron chi connectivity index (χ3n) is 2.78. The maximum atomic E-state index is 11.6. The molecule has 0 aliphatic carbocycles. The van der Waals surface area contributed by atoms with E-state index in [0.29, 0.717) is 32.5 Å². The molecule has 0 fully saturated rings. The second kappa shape index (κ2) is 10.8. The van der Waals surface area contributed by atoms with Crippen molar-refractivity contribution in [3.05, 3.63) is 0 Å². The molecule has 112 valence electrons. The molecule has 6 N–H and O–H groups in total. The number of nitrogens with two attached hydrogens (primary N) is 2. The molecule has 0 bridgehead atoms. The SMILES string of the molecule is CC(C)C(=O)NCCCNC(=O)C(N)CCCCN. The summed E-state index contributed by atoms with van der Waals surface area (Å²) in [6, 6.07) is -0.461. The molecule has 0 saturated heterocycles. The van der Waals surface area contributed by atoms with Crippen LogP contribution in [0.2, 0.25) is 0 Å². The van der Waals surface area contributed by atoms with Crippen LogP contribution in [0.1, 0.15) is 39.5 Å². The van der Waals surface area contributed by atoms with Crippen molar-refractivity contribution in [1.82, 2.24) is 10.6 Å². The van der Waals surface area contributed by atoms with Crippen LogP contribution in [-0.4, -0.2) is 37.5 Å². The first-order chi connectivity index (χ1) is 8.99. The number of amides is 2. The number of rotatable bonds is 10. The van der Waals surface area contributed by atoms with Crippen LogP contribution in [0.3, 0.4) is 0 Å². The van der Waals surface area contributed by atoms with Gasteiger partial charge in [-0.1, -0.05) is 20.3 Å². The molecule has 0 radical (unpaired) electrons. The average molecular weight is 272 g/mol.